The van der Waals surface area contributed by atoms with Crippen molar-refractivity contribution in [2.45, 2.75) is 33.3 Å². The zero-order valence-electron chi connectivity index (χ0n) is 10.9. The van der Waals surface area contributed by atoms with Crippen LogP contribution in [0.5, 0.6) is 5.75 Å². The second kappa shape index (κ2) is 7.57. The summed E-state index contributed by atoms with van der Waals surface area (Å²) in [7, 11) is 0. The van der Waals surface area contributed by atoms with Crippen LogP contribution in [0.25, 0.3) is 0 Å². The van der Waals surface area contributed by atoms with Crippen LogP contribution in [0, 0.1) is 5.92 Å². The molecule has 1 aromatic carbocycles. The summed E-state index contributed by atoms with van der Waals surface area (Å²) < 4.78 is 5.88. The number of rotatable bonds is 7. The van der Waals surface area contributed by atoms with E-state index in [4.69, 9.17) is 16.3 Å². The molecule has 0 aromatic heterocycles. The molecule has 0 aliphatic rings. The minimum atomic E-state index is 0.218. The molecule has 96 valence electrons. The van der Waals surface area contributed by atoms with Gasteiger partial charge >= 0.3 is 0 Å². The molecule has 1 atom stereocenters. The van der Waals surface area contributed by atoms with Crippen LogP contribution >= 0.6 is 11.6 Å². The molecule has 17 heavy (non-hydrogen) atoms. The fourth-order valence-electron chi connectivity index (χ4n) is 1.51. The normalized spacial score (nSPS) is 12.8. The number of hydrogen-bond donors (Lipinski definition) is 1. The Morgan fingerprint density at radius 3 is 2.35 bits per heavy atom. The van der Waals surface area contributed by atoms with Crippen molar-refractivity contribution in [3.8, 4) is 5.75 Å². The molecule has 1 unspecified atom stereocenters. The lowest BCUT2D eigenvalue weighted by molar-refractivity contribution is 0.192. The molecule has 0 heterocycles. The maximum atomic E-state index is 5.88. The van der Waals surface area contributed by atoms with E-state index in [0.717, 1.165) is 30.3 Å². The van der Waals surface area contributed by atoms with Crippen LogP contribution in [0.4, 0.5) is 0 Å². The molecule has 1 rings (SSSR count). The average molecular weight is 256 g/mol. The Bertz CT molecular complexity index is 311. The molecule has 0 fully saturated rings. The lowest BCUT2D eigenvalue weighted by atomic mass is 10.2. The van der Waals surface area contributed by atoms with E-state index in [9.17, 15) is 0 Å². The van der Waals surface area contributed by atoms with Gasteiger partial charge in [-0.3, -0.25) is 0 Å². The van der Waals surface area contributed by atoms with Gasteiger partial charge in [-0.2, -0.15) is 0 Å². The van der Waals surface area contributed by atoms with Crippen molar-refractivity contribution in [3.63, 3.8) is 0 Å². The summed E-state index contributed by atoms with van der Waals surface area (Å²) in [5, 5.41) is 4.16. The fourth-order valence-corrected chi connectivity index (χ4v) is 1.63. The van der Waals surface area contributed by atoms with E-state index in [-0.39, 0.29) is 6.10 Å². The van der Waals surface area contributed by atoms with Crippen molar-refractivity contribution in [3.05, 3.63) is 29.3 Å². The SMILES string of the molecule is CCC(CNCC(C)C)Oc1ccc(Cl)cc1. The first-order chi connectivity index (χ1) is 8.11. The summed E-state index contributed by atoms with van der Waals surface area (Å²) in [6, 6.07) is 7.52. The lowest BCUT2D eigenvalue weighted by Crippen LogP contribution is -2.32. The van der Waals surface area contributed by atoms with Gasteiger partial charge in [0.1, 0.15) is 11.9 Å². The van der Waals surface area contributed by atoms with Crippen LogP contribution < -0.4 is 10.1 Å². The molecule has 0 spiro atoms. The van der Waals surface area contributed by atoms with Gasteiger partial charge in [-0.15, -0.1) is 0 Å². The third-order valence-corrected chi connectivity index (χ3v) is 2.75. The van der Waals surface area contributed by atoms with Crippen molar-refractivity contribution >= 4 is 11.6 Å². The maximum absolute atomic E-state index is 5.88. The molecule has 0 radical (unpaired) electrons. The van der Waals surface area contributed by atoms with E-state index in [2.05, 4.69) is 26.1 Å². The third kappa shape index (κ3) is 5.94. The number of halogens is 1. The Hall–Kier alpha value is -0.730. The van der Waals surface area contributed by atoms with E-state index in [1.54, 1.807) is 0 Å². The topological polar surface area (TPSA) is 21.3 Å². The van der Waals surface area contributed by atoms with E-state index in [0.29, 0.717) is 5.92 Å². The van der Waals surface area contributed by atoms with Gasteiger partial charge in [-0.25, -0.2) is 0 Å². The third-order valence-electron chi connectivity index (χ3n) is 2.50. The molecule has 0 aliphatic carbocycles. The zero-order valence-corrected chi connectivity index (χ0v) is 11.6. The molecule has 2 nitrogen and oxygen atoms in total. The summed E-state index contributed by atoms with van der Waals surface area (Å²) >= 11 is 5.83. The summed E-state index contributed by atoms with van der Waals surface area (Å²) in [5.41, 5.74) is 0. The van der Waals surface area contributed by atoms with Crippen molar-refractivity contribution in [2.75, 3.05) is 13.1 Å². The molecular weight excluding hydrogens is 234 g/mol. The van der Waals surface area contributed by atoms with Crippen molar-refractivity contribution in [1.82, 2.24) is 5.32 Å². The van der Waals surface area contributed by atoms with E-state index < -0.39 is 0 Å². The van der Waals surface area contributed by atoms with Crippen LogP contribution in [0.3, 0.4) is 0 Å². The lowest BCUT2D eigenvalue weighted by Gasteiger charge is -2.19. The minimum absolute atomic E-state index is 0.218. The maximum Gasteiger partial charge on any atom is 0.119 e. The predicted molar refractivity (Wildman–Crippen MR) is 73.9 cm³/mol. The number of benzene rings is 1. The first kappa shape index (κ1) is 14.3. The monoisotopic (exact) mass is 255 g/mol. The van der Waals surface area contributed by atoms with Crippen molar-refractivity contribution in [2.24, 2.45) is 5.92 Å². The Balaban J connectivity index is 2.38. The Kier molecular flexibility index (Phi) is 6.38. The van der Waals surface area contributed by atoms with E-state index in [1.807, 2.05) is 24.3 Å². The molecule has 1 N–H and O–H groups in total. The first-order valence-corrected chi connectivity index (χ1v) is 6.62. The Morgan fingerprint density at radius 1 is 1.18 bits per heavy atom. The van der Waals surface area contributed by atoms with E-state index in [1.165, 1.54) is 0 Å². The van der Waals surface area contributed by atoms with E-state index >= 15 is 0 Å². The molecule has 1 aromatic rings. The van der Waals surface area contributed by atoms with Gasteiger partial charge in [0.15, 0.2) is 0 Å². The van der Waals surface area contributed by atoms with Crippen molar-refractivity contribution < 1.29 is 4.74 Å². The van der Waals surface area contributed by atoms with Gasteiger partial charge < -0.3 is 10.1 Å². The van der Waals surface area contributed by atoms with Crippen LogP contribution in [0.15, 0.2) is 24.3 Å². The molecule has 3 heteroatoms. The minimum Gasteiger partial charge on any atom is -0.489 e. The number of ether oxygens (including phenoxy) is 1. The molecule has 0 aliphatic heterocycles. The molecule has 0 saturated carbocycles. The number of nitrogens with one attached hydrogen (secondary N) is 1. The standard InChI is InChI=1S/C14H22ClNO/c1-4-13(10-16-9-11(2)3)17-14-7-5-12(15)6-8-14/h5-8,11,13,16H,4,9-10H2,1-3H3. The highest BCUT2D eigenvalue weighted by Gasteiger charge is 2.07. The Morgan fingerprint density at radius 2 is 1.82 bits per heavy atom. The molecular formula is C14H22ClNO. The summed E-state index contributed by atoms with van der Waals surface area (Å²) in [5.74, 6) is 1.55. The molecule has 0 amide bonds. The van der Waals surface area contributed by atoms with Crippen LogP contribution in [-0.4, -0.2) is 19.2 Å². The quantitative estimate of drug-likeness (QED) is 0.801. The van der Waals surface area contributed by atoms with Gasteiger partial charge in [-0.05, 0) is 43.1 Å². The summed E-state index contributed by atoms with van der Waals surface area (Å²) in [6.07, 6.45) is 1.21. The van der Waals surface area contributed by atoms with Crippen LogP contribution in [0.1, 0.15) is 27.2 Å². The van der Waals surface area contributed by atoms with Gasteiger partial charge in [-0.1, -0.05) is 32.4 Å². The summed E-state index contributed by atoms with van der Waals surface area (Å²) in [4.78, 5) is 0. The highest BCUT2D eigenvalue weighted by atomic mass is 35.5. The second-order valence-corrected chi connectivity index (χ2v) is 5.09. The zero-order chi connectivity index (χ0) is 12.7. The van der Waals surface area contributed by atoms with Gasteiger partial charge in [0, 0.05) is 11.6 Å². The predicted octanol–water partition coefficient (Wildman–Crippen LogP) is 3.74. The molecule has 0 bridgehead atoms. The van der Waals surface area contributed by atoms with Crippen molar-refractivity contribution in [1.29, 1.82) is 0 Å². The largest absolute Gasteiger partial charge is 0.489 e. The van der Waals surface area contributed by atoms with Gasteiger partial charge in [0.05, 0.1) is 0 Å². The van der Waals surface area contributed by atoms with Gasteiger partial charge in [0.2, 0.25) is 0 Å². The average Bonchev–Trinajstić information content (AvgIpc) is 2.30. The molecule has 0 saturated heterocycles. The Labute approximate surface area is 109 Å². The highest BCUT2D eigenvalue weighted by molar-refractivity contribution is 6.30. The van der Waals surface area contributed by atoms with Crippen LogP contribution in [-0.2, 0) is 0 Å². The summed E-state index contributed by atoms with van der Waals surface area (Å²) in [6.45, 7) is 8.46. The van der Waals surface area contributed by atoms with Gasteiger partial charge in [0.25, 0.3) is 0 Å². The number of hydrogen-bond acceptors (Lipinski definition) is 2. The first-order valence-electron chi connectivity index (χ1n) is 6.24. The highest BCUT2D eigenvalue weighted by Crippen LogP contribution is 2.17. The van der Waals surface area contributed by atoms with Crippen LogP contribution in [0.2, 0.25) is 5.02 Å². The fraction of sp³-hybridized carbons (Fsp3) is 0.571. The second-order valence-electron chi connectivity index (χ2n) is 4.65. The smallest absolute Gasteiger partial charge is 0.119 e.